The van der Waals surface area contributed by atoms with Gasteiger partial charge in [-0.05, 0) is 64.2 Å². The standard InChI is InChI=1S/C78H149NO5/c1-3-5-7-9-11-13-15-16-17-18-38-42-45-48-52-56-60-64-68-72-78(83)84-73-69-65-61-57-53-49-46-43-40-37-35-33-31-29-27-25-23-21-19-20-22-24-26-28-30-32-34-36-39-41-44-47-51-55-59-63-67-71-77(82)79-75(74-80)76(81)70-66-62-58-54-50-14-12-10-8-6-4-2/h11,13,16-17,66,70,75-76,80-81H,3-10,12,14-15,18-65,67-69,71-74H2,1-2H3,(H,79,82)/b13-11-,17-16-,70-66+. The maximum absolute atomic E-state index is 12.4. The molecule has 2 unspecified atom stereocenters. The van der Waals surface area contributed by atoms with E-state index >= 15 is 0 Å². The van der Waals surface area contributed by atoms with Crippen molar-refractivity contribution in [3.63, 3.8) is 0 Å². The average Bonchev–Trinajstić information content (AvgIpc) is 3.53. The zero-order valence-electron chi connectivity index (χ0n) is 56.9. The van der Waals surface area contributed by atoms with Gasteiger partial charge in [-0.15, -0.1) is 0 Å². The summed E-state index contributed by atoms with van der Waals surface area (Å²) in [5, 5.41) is 23.1. The molecule has 0 aromatic carbocycles. The molecule has 6 nitrogen and oxygen atoms in total. The zero-order valence-corrected chi connectivity index (χ0v) is 56.9. The molecular formula is C78H149NO5. The fourth-order valence-corrected chi connectivity index (χ4v) is 12.1. The van der Waals surface area contributed by atoms with Gasteiger partial charge in [0, 0.05) is 12.8 Å². The quantitative estimate of drug-likeness (QED) is 0.0320. The monoisotopic (exact) mass is 1180 g/mol. The number of nitrogens with one attached hydrogen (secondary N) is 1. The highest BCUT2D eigenvalue weighted by atomic mass is 16.5. The summed E-state index contributed by atoms with van der Waals surface area (Å²) in [4.78, 5) is 24.6. The minimum absolute atomic E-state index is 0.0199. The van der Waals surface area contributed by atoms with Crippen molar-refractivity contribution in [3.8, 4) is 0 Å². The summed E-state index contributed by atoms with van der Waals surface area (Å²) in [5.41, 5.74) is 0. The van der Waals surface area contributed by atoms with Crippen LogP contribution in [0.3, 0.4) is 0 Å². The van der Waals surface area contributed by atoms with E-state index in [1.54, 1.807) is 6.08 Å². The first-order valence-electron chi connectivity index (χ1n) is 38.3. The largest absolute Gasteiger partial charge is 0.466 e. The molecule has 0 aromatic heterocycles. The lowest BCUT2D eigenvalue weighted by atomic mass is 10.0. The number of esters is 1. The third-order valence-corrected chi connectivity index (χ3v) is 17.9. The van der Waals surface area contributed by atoms with Gasteiger partial charge in [-0.2, -0.15) is 0 Å². The SMILES string of the molecule is CCCCC/C=C\C/C=C\CCCCCCCCCCCC(=O)OCCCCCCCCCCCCCCCCCCCCCCCCCCCCCCCCCCCCCCCC(=O)NC(CO)C(O)/C=C/CCCCCCCCCCC. The Morgan fingerprint density at radius 3 is 0.929 bits per heavy atom. The molecule has 84 heavy (non-hydrogen) atoms. The molecule has 1 amide bonds. The van der Waals surface area contributed by atoms with Crippen LogP contribution >= 0.6 is 0 Å². The van der Waals surface area contributed by atoms with Crippen LogP contribution in [-0.2, 0) is 14.3 Å². The summed E-state index contributed by atoms with van der Waals surface area (Å²) >= 11 is 0. The van der Waals surface area contributed by atoms with Gasteiger partial charge in [-0.25, -0.2) is 0 Å². The van der Waals surface area contributed by atoms with Crippen LogP contribution < -0.4 is 5.32 Å². The van der Waals surface area contributed by atoms with Crippen molar-refractivity contribution in [2.24, 2.45) is 0 Å². The number of carbonyl (C=O) groups excluding carboxylic acids is 2. The molecular weight excluding hydrogens is 1030 g/mol. The molecule has 3 N–H and O–H groups in total. The maximum atomic E-state index is 12.4. The van der Waals surface area contributed by atoms with Gasteiger partial charge in [-0.3, -0.25) is 9.59 Å². The third kappa shape index (κ3) is 69.2. The summed E-state index contributed by atoms with van der Waals surface area (Å²) in [5.74, 6) is -0.0418. The van der Waals surface area contributed by atoms with E-state index < -0.39 is 12.1 Å². The van der Waals surface area contributed by atoms with E-state index in [0.29, 0.717) is 19.4 Å². The molecule has 496 valence electrons. The molecule has 0 saturated heterocycles. The predicted molar refractivity (Wildman–Crippen MR) is 370 cm³/mol. The van der Waals surface area contributed by atoms with Gasteiger partial charge >= 0.3 is 5.97 Å². The fraction of sp³-hybridized carbons (Fsp3) is 0.897. The highest BCUT2D eigenvalue weighted by Crippen LogP contribution is 2.19. The van der Waals surface area contributed by atoms with E-state index in [9.17, 15) is 19.8 Å². The van der Waals surface area contributed by atoms with Crippen LogP contribution in [0.2, 0.25) is 0 Å². The Morgan fingerprint density at radius 2 is 0.595 bits per heavy atom. The highest BCUT2D eigenvalue weighted by Gasteiger charge is 2.18. The molecule has 0 bridgehead atoms. The van der Waals surface area contributed by atoms with Crippen LogP contribution in [0.15, 0.2) is 36.5 Å². The lowest BCUT2D eigenvalue weighted by Crippen LogP contribution is -2.45. The summed E-state index contributed by atoms with van der Waals surface area (Å²) in [6.45, 7) is 4.90. The van der Waals surface area contributed by atoms with Gasteiger partial charge in [-0.1, -0.05) is 384 Å². The number of allylic oxidation sites excluding steroid dienone is 5. The number of ether oxygens (including phenoxy) is 1. The first-order chi connectivity index (χ1) is 41.5. The Bertz CT molecular complexity index is 1360. The van der Waals surface area contributed by atoms with Crippen LogP contribution in [0.25, 0.3) is 0 Å². The minimum atomic E-state index is -0.839. The topological polar surface area (TPSA) is 95.9 Å². The average molecular weight is 1180 g/mol. The van der Waals surface area contributed by atoms with Crippen LogP contribution in [0.4, 0.5) is 0 Å². The Labute approximate surface area is 525 Å². The predicted octanol–water partition coefficient (Wildman–Crippen LogP) is 25.0. The van der Waals surface area contributed by atoms with Gasteiger partial charge in [0.15, 0.2) is 0 Å². The van der Waals surface area contributed by atoms with E-state index in [1.807, 2.05) is 6.08 Å². The van der Waals surface area contributed by atoms with Crippen molar-refractivity contribution in [2.45, 2.75) is 437 Å². The zero-order chi connectivity index (χ0) is 60.6. The molecule has 0 aliphatic rings. The maximum Gasteiger partial charge on any atom is 0.305 e. The molecule has 0 aliphatic carbocycles. The number of amides is 1. The van der Waals surface area contributed by atoms with E-state index in [0.717, 1.165) is 44.9 Å². The van der Waals surface area contributed by atoms with Gasteiger partial charge < -0.3 is 20.3 Å². The molecule has 0 fully saturated rings. The van der Waals surface area contributed by atoms with Crippen LogP contribution in [-0.4, -0.2) is 47.4 Å². The first kappa shape index (κ1) is 82.1. The van der Waals surface area contributed by atoms with Crippen molar-refractivity contribution in [2.75, 3.05) is 13.2 Å². The van der Waals surface area contributed by atoms with Gasteiger partial charge in [0.2, 0.25) is 5.91 Å². The van der Waals surface area contributed by atoms with E-state index in [-0.39, 0.29) is 18.5 Å². The Kier molecular flexibility index (Phi) is 71.9. The van der Waals surface area contributed by atoms with Gasteiger partial charge in [0.1, 0.15) is 0 Å². The lowest BCUT2D eigenvalue weighted by Gasteiger charge is -2.20. The van der Waals surface area contributed by atoms with E-state index in [4.69, 9.17) is 4.74 Å². The number of aliphatic hydroxyl groups is 2. The molecule has 2 atom stereocenters. The Balaban J connectivity index is 3.28. The number of unbranched alkanes of at least 4 members (excludes halogenated alkanes) is 57. The number of hydrogen-bond donors (Lipinski definition) is 3. The molecule has 0 saturated carbocycles. The molecule has 0 aliphatic heterocycles. The number of carbonyl (C=O) groups is 2. The number of aliphatic hydroxyl groups excluding tert-OH is 2. The van der Waals surface area contributed by atoms with Crippen molar-refractivity contribution in [1.82, 2.24) is 5.32 Å². The molecule has 0 spiro atoms. The summed E-state index contributed by atoms with van der Waals surface area (Å²) in [6, 6.07) is -0.622. The van der Waals surface area contributed by atoms with Crippen molar-refractivity contribution >= 4 is 11.9 Å². The summed E-state index contributed by atoms with van der Waals surface area (Å²) in [6.07, 6.45) is 95.6. The minimum Gasteiger partial charge on any atom is -0.466 e. The Morgan fingerprint density at radius 1 is 0.333 bits per heavy atom. The normalized spacial score (nSPS) is 12.7. The van der Waals surface area contributed by atoms with Gasteiger partial charge in [0.05, 0.1) is 25.4 Å². The second-order valence-electron chi connectivity index (χ2n) is 26.3. The first-order valence-corrected chi connectivity index (χ1v) is 38.3. The molecule has 0 radical (unpaired) electrons. The lowest BCUT2D eigenvalue weighted by molar-refractivity contribution is -0.143. The van der Waals surface area contributed by atoms with Crippen molar-refractivity contribution in [3.05, 3.63) is 36.5 Å². The second-order valence-corrected chi connectivity index (χ2v) is 26.3. The van der Waals surface area contributed by atoms with Crippen molar-refractivity contribution in [1.29, 1.82) is 0 Å². The Hall–Kier alpha value is -1.92. The van der Waals surface area contributed by atoms with Crippen LogP contribution in [0.1, 0.15) is 425 Å². The summed E-state index contributed by atoms with van der Waals surface area (Å²) in [7, 11) is 0. The molecule has 6 heteroatoms. The van der Waals surface area contributed by atoms with Crippen molar-refractivity contribution < 1.29 is 24.5 Å². The fourth-order valence-electron chi connectivity index (χ4n) is 12.1. The highest BCUT2D eigenvalue weighted by molar-refractivity contribution is 5.76. The van der Waals surface area contributed by atoms with Crippen LogP contribution in [0.5, 0.6) is 0 Å². The molecule has 0 rings (SSSR count). The number of rotatable bonds is 72. The smallest absolute Gasteiger partial charge is 0.305 e. The second kappa shape index (κ2) is 73.5. The van der Waals surface area contributed by atoms with Gasteiger partial charge in [0.25, 0.3) is 0 Å². The summed E-state index contributed by atoms with van der Waals surface area (Å²) < 4.78 is 5.52. The van der Waals surface area contributed by atoms with E-state index in [2.05, 4.69) is 43.5 Å². The number of hydrogen-bond acceptors (Lipinski definition) is 5. The molecule has 0 aromatic rings. The molecule has 0 heterocycles. The van der Waals surface area contributed by atoms with E-state index in [1.165, 1.54) is 353 Å². The third-order valence-electron chi connectivity index (χ3n) is 17.9. The van der Waals surface area contributed by atoms with Crippen LogP contribution in [0, 0.1) is 0 Å².